The number of carbonyl (C=O) groups is 2. The van der Waals surface area contributed by atoms with Crippen molar-refractivity contribution in [2.24, 2.45) is 0 Å². The second kappa shape index (κ2) is 7.88. The highest BCUT2D eigenvalue weighted by atomic mass is 32.2. The van der Waals surface area contributed by atoms with Gasteiger partial charge in [-0.1, -0.05) is 0 Å². The number of hydrogen-bond acceptors (Lipinski definition) is 4. The van der Waals surface area contributed by atoms with Crippen molar-refractivity contribution >= 4 is 21.7 Å². The Labute approximate surface area is 128 Å². The third-order valence-corrected chi connectivity index (χ3v) is 5.19. The lowest BCUT2D eigenvalue weighted by Gasteiger charge is -2.13. The summed E-state index contributed by atoms with van der Waals surface area (Å²) in [6.07, 6.45) is -0.0311. The monoisotopic (exact) mass is 331 g/mol. The Hall–Kier alpha value is -1.96. The Bertz CT molecular complexity index is 627. The Kier molecular flexibility index (Phi) is 6.48. The molecule has 8 heteroatoms. The molecule has 1 amide bonds. The predicted molar refractivity (Wildman–Crippen MR) is 77.5 cm³/mol. The Morgan fingerprint density at radius 3 is 2.41 bits per heavy atom. The molecule has 0 fully saturated rings. The van der Waals surface area contributed by atoms with Crippen molar-refractivity contribution < 1.29 is 27.5 Å². The number of carboxylic acids is 1. The van der Waals surface area contributed by atoms with Crippen molar-refractivity contribution in [3.63, 3.8) is 0 Å². The standard InChI is InChI=1S/C14H18FNO5S/c1-10(9-13(17)16-8-2-3-14(18)19)22(20,21)12-6-4-11(15)5-7-12/h4-7,10H,2-3,8-9H2,1H3,(H,16,17)(H,18,19). The van der Waals surface area contributed by atoms with E-state index in [-0.39, 0.29) is 30.7 Å². The molecule has 0 heterocycles. The van der Waals surface area contributed by atoms with Crippen LogP contribution in [0.25, 0.3) is 0 Å². The lowest BCUT2D eigenvalue weighted by Crippen LogP contribution is -2.30. The summed E-state index contributed by atoms with van der Waals surface area (Å²) >= 11 is 0. The number of carbonyl (C=O) groups excluding carboxylic acids is 1. The molecule has 0 saturated carbocycles. The van der Waals surface area contributed by atoms with Crippen LogP contribution in [0.3, 0.4) is 0 Å². The zero-order valence-electron chi connectivity index (χ0n) is 12.1. The third kappa shape index (κ3) is 5.44. The van der Waals surface area contributed by atoms with E-state index in [1.54, 1.807) is 0 Å². The summed E-state index contributed by atoms with van der Waals surface area (Å²) in [5.41, 5.74) is 0. The molecule has 0 aliphatic heterocycles. The first-order chi connectivity index (χ1) is 10.2. The molecule has 0 radical (unpaired) electrons. The molecule has 0 spiro atoms. The molecule has 122 valence electrons. The SMILES string of the molecule is CC(CC(=O)NCCCC(=O)O)S(=O)(=O)c1ccc(F)cc1. The van der Waals surface area contributed by atoms with Gasteiger partial charge in [0.25, 0.3) is 0 Å². The van der Waals surface area contributed by atoms with Crippen LogP contribution in [0.1, 0.15) is 26.2 Å². The van der Waals surface area contributed by atoms with E-state index in [4.69, 9.17) is 5.11 Å². The highest BCUT2D eigenvalue weighted by Gasteiger charge is 2.25. The zero-order valence-corrected chi connectivity index (χ0v) is 12.9. The number of aliphatic carboxylic acids is 1. The third-order valence-electron chi connectivity index (χ3n) is 3.03. The van der Waals surface area contributed by atoms with Crippen LogP contribution in [0, 0.1) is 5.82 Å². The fourth-order valence-electron chi connectivity index (χ4n) is 1.77. The van der Waals surface area contributed by atoms with Crippen molar-refractivity contribution in [3.8, 4) is 0 Å². The van der Waals surface area contributed by atoms with E-state index in [0.29, 0.717) is 0 Å². The summed E-state index contributed by atoms with van der Waals surface area (Å²) in [4.78, 5) is 21.9. The number of amides is 1. The number of nitrogens with one attached hydrogen (secondary N) is 1. The summed E-state index contributed by atoms with van der Waals surface area (Å²) in [6, 6.07) is 4.41. The molecule has 22 heavy (non-hydrogen) atoms. The number of rotatable bonds is 8. The maximum absolute atomic E-state index is 12.8. The summed E-state index contributed by atoms with van der Waals surface area (Å²) in [5, 5.41) is 9.97. The second-order valence-corrected chi connectivity index (χ2v) is 7.23. The van der Waals surface area contributed by atoms with E-state index in [1.165, 1.54) is 6.92 Å². The maximum Gasteiger partial charge on any atom is 0.303 e. The topological polar surface area (TPSA) is 101 Å². The Morgan fingerprint density at radius 1 is 1.27 bits per heavy atom. The van der Waals surface area contributed by atoms with Gasteiger partial charge in [0.2, 0.25) is 5.91 Å². The molecule has 6 nitrogen and oxygen atoms in total. The van der Waals surface area contributed by atoms with Crippen molar-refractivity contribution in [1.29, 1.82) is 0 Å². The van der Waals surface area contributed by atoms with E-state index >= 15 is 0 Å². The quantitative estimate of drug-likeness (QED) is 0.553. The number of carboxylic acid groups (broad SMARTS) is 1. The molecule has 1 atom stereocenters. The van der Waals surface area contributed by atoms with Gasteiger partial charge in [0, 0.05) is 19.4 Å². The Morgan fingerprint density at radius 2 is 1.86 bits per heavy atom. The van der Waals surface area contributed by atoms with E-state index in [0.717, 1.165) is 24.3 Å². The lowest BCUT2D eigenvalue weighted by molar-refractivity contribution is -0.137. The van der Waals surface area contributed by atoms with Gasteiger partial charge in [0.05, 0.1) is 10.1 Å². The van der Waals surface area contributed by atoms with Gasteiger partial charge in [-0.25, -0.2) is 12.8 Å². The van der Waals surface area contributed by atoms with Crippen LogP contribution in [-0.4, -0.2) is 37.2 Å². The van der Waals surface area contributed by atoms with Crippen LogP contribution in [0.4, 0.5) is 4.39 Å². The molecule has 1 aromatic rings. The van der Waals surface area contributed by atoms with Crippen LogP contribution in [0.5, 0.6) is 0 Å². The van der Waals surface area contributed by atoms with E-state index in [9.17, 15) is 22.4 Å². The van der Waals surface area contributed by atoms with Gasteiger partial charge < -0.3 is 10.4 Å². The second-order valence-electron chi connectivity index (χ2n) is 4.86. The smallest absolute Gasteiger partial charge is 0.303 e. The maximum atomic E-state index is 12.8. The fourth-order valence-corrected chi connectivity index (χ4v) is 3.12. The average molecular weight is 331 g/mol. The molecule has 1 aromatic carbocycles. The lowest BCUT2D eigenvalue weighted by atomic mass is 10.3. The molecule has 2 N–H and O–H groups in total. The Balaban J connectivity index is 2.56. The van der Waals surface area contributed by atoms with Crippen molar-refractivity contribution in [3.05, 3.63) is 30.1 Å². The minimum atomic E-state index is -3.72. The molecular formula is C14H18FNO5S. The average Bonchev–Trinajstić information content (AvgIpc) is 2.43. The summed E-state index contributed by atoms with van der Waals surface area (Å²) < 4.78 is 37.3. The van der Waals surface area contributed by atoms with Crippen molar-refractivity contribution in [2.75, 3.05) is 6.54 Å². The molecule has 0 saturated heterocycles. The van der Waals surface area contributed by atoms with Gasteiger partial charge >= 0.3 is 5.97 Å². The van der Waals surface area contributed by atoms with Gasteiger partial charge in [0.1, 0.15) is 5.82 Å². The number of hydrogen-bond donors (Lipinski definition) is 2. The minimum absolute atomic E-state index is 0.0416. The molecule has 1 unspecified atom stereocenters. The normalized spacial score (nSPS) is 12.6. The molecule has 0 aromatic heterocycles. The molecular weight excluding hydrogens is 313 g/mol. The van der Waals surface area contributed by atoms with Crippen molar-refractivity contribution in [1.82, 2.24) is 5.32 Å². The van der Waals surface area contributed by atoms with Crippen molar-refractivity contribution in [2.45, 2.75) is 36.3 Å². The number of halogens is 1. The largest absolute Gasteiger partial charge is 0.481 e. The van der Waals surface area contributed by atoms with Crippen LogP contribution in [-0.2, 0) is 19.4 Å². The summed E-state index contributed by atoms with van der Waals surface area (Å²) in [5.74, 6) is -1.96. The fraction of sp³-hybridized carbons (Fsp3) is 0.429. The van der Waals surface area contributed by atoms with Crippen LogP contribution in [0.2, 0.25) is 0 Å². The summed E-state index contributed by atoms with van der Waals surface area (Å²) in [7, 11) is -3.72. The van der Waals surface area contributed by atoms with E-state index in [2.05, 4.69) is 5.32 Å². The van der Waals surface area contributed by atoms with Gasteiger partial charge in [-0.3, -0.25) is 9.59 Å². The molecule has 0 aliphatic rings. The molecule has 0 bridgehead atoms. The van der Waals surface area contributed by atoms with Crippen LogP contribution < -0.4 is 5.32 Å². The van der Waals surface area contributed by atoms with Gasteiger partial charge in [-0.2, -0.15) is 0 Å². The first-order valence-electron chi connectivity index (χ1n) is 6.71. The number of sulfone groups is 1. The van der Waals surface area contributed by atoms with E-state index < -0.39 is 32.8 Å². The highest BCUT2D eigenvalue weighted by molar-refractivity contribution is 7.92. The van der Waals surface area contributed by atoms with Crippen LogP contribution >= 0.6 is 0 Å². The first-order valence-corrected chi connectivity index (χ1v) is 8.26. The highest BCUT2D eigenvalue weighted by Crippen LogP contribution is 2.18. The van der Waals surface area contributed by atoms with E-state index in [1.807, 2.05) is 0 Å². The summed E-state index contributed by atoms with van der Waals surface area (Å²) in [6.45, 7) is 1.57. The molecule has 1 rings (SSSR count). The van der Waals surface area contributed by atoms with Crippen LogP contribution in [0.15, 0.2) is 29.2 Å². The predicted octanol–water partition coefficient (Wildman–Crippen LogP) is 1.36. The van der Waals surface area contributed by atoms with Gasteiger partial charge in [-0.15, -0.1) is 0 Å². The van der Waals surface area contributed by atoms with Gasteiger partial charge in [-0.05, 0) is 37.6 Å². The zero-order chi connectivity index (χ0) is 16.8. The first kappa shape index (κ1) is 18.1. The minimum Gasteiger partial charge on any atom is -0.481 e. The molecule has 0 aliphatic carbocycles. The number of benzene rings is 1. The van der Waals surface area contributed by atoms with Gasteiger partial charge in [0.15, 0.2) is 9.84 Å².